The predicted molar refractivity (Wildman–Crippen MR) is 66.2 cm³/mol. The van der Waals surface area contributed by atoms with Crippen molar-refractivity contribution < 1.29 is 13.2 Å². The largest absolute Gasteiger partial charge is 0.381 e. The summed E-state index contributed by atoms with van der Waals surface area (Å²) >= 11 is 0. The Morgan fingerprint density at radius 2 is 2.06 bits per heavy atom. The number of nitrogens with one attached hydrogen (secondary N) is 1. The van der Waals surface area contributed by atoms with Crippen molar-refractivity contribution in [2.75, 3.05) is 19.4 Å². The summed E-state index contributed by atoms with van der Waals surface area (Å²) in [4.78, 5) is 0. The maximum absolute atomic E-state index is 11.5. The van der Waals surface area contributed by atoms with Crippen LogP contribution in [0.4, 0.5) is 0 Å². The molecule has 7 heteroatoms. The van der Waals surface area contributed by atoms with Gasteiger partial charge in [0.15, 0.2) is 0 Å². The highest BCUT2D eigenvalue weighted by Crippen LogP contribution is 2.31. The minimum atomic E-state index is -3.25. The molecule has 0 heterocycles. The molecular weight excluding hydrogens is 252 g/mol. The highest BCUT2D eigenvalue weighted by molar-refractivity contribution is 7.89. The average Bonchev–Trinajstić information content (AvgIpc) is 2.96. The van der Waals surface area contributed by atoms with Gasteiger partial charge in [-0.15, -0.1) is 12.4 Å². The van der Waals surface area contributed by atoms with Gasteiger partial charge in [-0.2, -0.15) is 0 Å². The Labute approximate surface area is 104 Å². The molecule has 5 nitrogen and oxygen atoms in total. The Balaban J connectivity index is 0.00000225. The van der Waals surface area contributed by atoms with E-state index < -0.39 is 10.0 Å². The van der Waals surface area contributed by atoms with E-state index in [1.165, 1.54) is 7.11 Å². The quantitative estimate of drug-likeness (QED) is 0.689. The molecule has 1 rings (SSSR count). The predicted octanol–water partition coefficient (Wildman–Crippen LogP) is 0.0998. The molecule has 0 aromatic carbocycles. The van der Waals surface area contributed by atoms with Gasteiger partial charge in [0.1, 0.15) is 0 Å². The summed E-state index contributed by atoms with van der Waals surface area (Å²) in [5, 5.41) is 0. The second-order valence-corrected chi connectivity index (χ2v) is 6.03. The number of rotatable bonds is 7. The molecule has 1 aliphatic rings. The minimum Gasteiger partial charge on any atom is -0.381 e. The minimum absolute atomic E-state index is 0. The number of sulfonamides is 1. The second-order valence-electron chi connectivity index (χ2n) is 4.18. The molecule has 0 spiro atoms. The van der Waals surface area contributed by atoms with Gasteiger partial charge < -0.3 is 10.5 Å². The molecule has 0 saturated heterocycles. The first-order valence-electron chi connectivity index (χ1n) is 5.20. The van der Waals surface area contributed by atoms with Gasteiger partial charge in [0, 0.05) is 19.7 Å². The van der Waals surface area contributed by atoms with E-state index in [1.807, 2.05) is 0 Å². The molecule has 0 bridgehead atoms. The van der Waals surface area contributed by atoms with Crippen molar-refractivity contribution >= 4 is 22.4 Å². The van der Waals surface area contributed by atoms with Gasteiger partial charge in [0.05, 0.1) is 11.9 Å². The zero-order valence-electron chi connectivity index (χ0n) is 9.68. The molecule has 0 aliphatic heterocycles. The normalized spacial score (nSPS) is 19.9. The first-order chi connectivity index (χ1) is 6.94. The molecule has 0 amide bonds. The van der Waals surface area contributed by atoms with Crippen LogP contribution in [0.15, 0.2) is 0 Å². The Morgan fingerprint density at radius 1 is 1.50 bits per heavy atom. The van der Waals surface area contributed by atoms with E-state index >= 15 is 0 Å². The molecule has 2 unspecified atom stereocenters. The van der Waals surface area contributed by atoms with Gasteiger partial charge in [-0.1, -0.05) is 0 Å². The van der Waals surface area contributed by atoms with Crippen LogP contribution >= 0.6 is 12.4 Å². The Hall–Kier alpha value is 0.120. The lowest BCUT2D eigenvalue weighted by Crippen LogP contribution is -2.41. The lowest BCUT2D eigenvalue weighted by atomic mass is 10.2. The maximum Gasteiger partial charge on any atom is 0.214 e. The smallest absolute Gasteiger partial charge is 0.214 e. The summed E-state index contributed by atoms with van der Waals surface area (Å²) in [5.41, 5.74) is 5.79. The highest BCUT2D eigenvalue weighted by atomic mass is 35.5. The van der Waals surface area contributed by atoms with Gasteiger partial charge in [-0.25, -0.2) is 13.1 Å². The van der Waals surface area contributed by atoms with Crippen molar-refractivity contribution in [2.24, 2.45) is 11.7 Å². The number of methoxy groups -OCH3 is 1. The van der Waals surface area contributed by atoms with E-state index in [0.29, 0.717) is 12.5 Å². The van der Waals surface area contributed by atoms with Crippen molar-refractivity contribution in [1.82, 2.24) is 4.72 Å². The van der Waals surface area contributed by atoms with Gasteiger partial charge in [0.25, 0.3) is 0 Å². The average molecular weight is 273 g/mol. The van der Waals surface area contributed by atoms with Crippen molar-refractivity contribution in [2.45, 2.75) is 31.9 Å². The fourth-order valence-corrected chi connectivity index (χ4v) is 2.67. The van der Waals surface area contributed by atoms with Gasteiger partial charge in [0.2, 0.25) is 10.0 Å². The van der Waals surface area contributed by atoms with Gasteiger partial charge in [-0.05, 0) is 25.7 Å². The van der Waals surface area contributed by atoms with E-state index in [9.17, 15) is 8.42 Å². The summed E-state index contributed by atoms with van der Waals surface area (Å²) in [6.45, 7) is 2.06. The fourth-order valence-electron chi connectivity index (χ4n) is 1.35. The summed E-state index contributed by atoms with van der Waals surface area (Å²) < 4.78 is 30.4. The van der Waals surface area contributed by atoms with Crippen LogP contribution in [-0.2, 0) is 14.8 Å². The fraction of sp³-hybridized carbons (Fsp3) is 1.00. The topological polar surface area (TPSA) is 81.4 Å². The summed E-state index contributed by atoms with van der Waals surface area (Å²) in [7, 11) is -1.75. The molecule has 0 aromatic rings. The van der Waals surface area contributed by atoms with Crippen LogP contribution < -0.4 is 10.5 Å². The summed E-state index contributed by atoms with van der Waals surface area (Å²) in [5.74, 6) is 0.494. The van der Waals surface area contributed by atoms with Crippen LogP contribution in [0.1, 0.15) is 19.8 Å². The van der Waals surface area contributed by atoms with Crippen LogP contribution in [-0.4, -0.2) is 40.0 Å². The molecule has 98 valence electrons. The number of hydrogen-bond acceptors (Lipinski definition) is 4. The van der Waals surface area contributed by atoms with Crippen molar-refractivity contribution in [1.29, 1.82) is 0 Å². The van der Waals surface area contributed by atoms with Crippen LogP contribution in [0.25, 0.3) is 0 Å². The molecular formula is C9H21ClN2O3S. The molecule has 0 radical (unpaired) electrons. The zero-order valence-corrected chi connectivity index (χ0v) is 11.3. The third-order valence-electron chi connectivity index (χ3n) is 2.62. The lowest BCUT2D eigenvalue weighted by Gasteiger charge is -2.14. The molecule has 1 fully saturated rings. The number of halogens is 1. The van der Waals surface area contributed by atoms with Gasteiger partial charge >= 0.3 is 0 Å². The standard InChI is InChI=1S/C9H20N2O3S.ClH/c1-7(14-2)6-15(12,13)11-5-9(10)8-3-4-8;/h7-9,11H,3-6,10H2,1-2H3;1H. The van der Waals surface area contributed by atoms with Crippen LogP contribution in [0.2, 0.25) is 0 Å². The SMILES string of the molecule is COC(C)CS(=O)(=O)NCC(N)C1CC1.Cl. The zero-order chi connectivity index (χ0) is 11.5. The Kier molecular flexibility index (Phi) is 6.81. The van der Waals surface area contributed by atoms with Crippen molar-refractivity contribution in [3.05, 3.63) is 0 Å². The summed E-state index contributed by atoms with van der Waals surface area (Å²) in [6, 6.07) is -0.0439. The third-order valence-corrected chi connectivity index (χ3v) is 4.14. The van der Waals surface area contributed by atoms with Crippen LogP contribution in [0.3, 0.4) is 0 Å². The number of ether oxygens (including phenoxy) is 1. The molecule has 1 saturated carbocycles. The molecule has 3 N–H and O–H groups in total. The molecule has 2 atom stereocenters. The number of nitrogens with two attached hydrogens (primary N) is 1. The highest BCUT2D eigenvalue weighted by Gasteiger charge is 2.29. The van der Waals surface area contributed by atoms with Gasteiger partial charge in [-0.3, -0.25) is 0 Å². The van der Waals surface area contributed by atoms with Crippen LogP contribution in [0.5, 0.6) is 0 Å². The molecule has 16 heavy (non-hydrogen) atoms. The first-order valence-corrected chi connectivity index (χ1v) is 6.85. The van der Waals surface area contributed by atoms with E-state index in [4.69, 9.17) is 10.5 Å². The van der Waals surface area contributed by atoms with E-state index in [0.717, 1.165) is 12.8 Å². The Morgan fingerprint density at radius 3 is 2.50 bits per heavy atom. The van der Waals surface area contributed by atoms with E-state index in [1.54, 1.807) is 6.92 Å². The first kappa shape index (κ1) is 16.1. The molecule has 1 aliphatic carbocycles. The van der Waals surface area contributed by atoms with Crippen LogP contribution in [0, 0.1) is 5.92 Å². The lowest BCUT2D eigenvalue weighted by molar-refractivity contribution is 0.136. The monoisotopic (exact) mass is 272 g/mol. The third kappa shape index (κ3) is 6.00. The second kappa shape index (κ2) is 6.76. The van der Waals surface area contributed by atoms with E-state index in [-0.39, 0.29) is 30.3 Å². The van der Waals surface area contributed by atoms with Crippen molar-refractivity contribution in [3.8, 4) is 0 Å². The van der Waals surface area contributed by atoms with Crippen molar-refractivity contribution in [3.63, 3.8) is 0 Å². The number of hydrogen-bond donors (Lipinski definition) is 2. The maximum atomic E-state index is 11.5. The Bertz CT molecular complexity index is 293. The summed E-state index contributed by atoms with van der Waals surface area (Å²) in [6.07, 6.45) is 1.95. The van der Waals surface area contributed by atoms with E-state index in [2.05, 4.69) is 4.72 Å². The molecule has 0 aromatic heterocycles.